The lowest BCUT2D eigenvalue weighted by Gasteiger charge is -2.20. The van der Waals surface area contributed by atoms with E-state index in [4.69, 9.17) is 0 Å². The number of hydrogen-bond donors (Lipinski definition) is 1. The molecule has 0 spiro atoms. The number of aryl methyl sites for hydroxylation is 4. The Labute approximate surface area is 123 Å². The maximum absolute atomic E-state index is 3.56. The van der Waals surface area contributed by atoms with Gasteiger partial charge in [0.25, 0.3) is 0 Å². The maximum Gasteiger partial charge on any atom is 0.0512 e. The van der Waals surface area contributed by atoms with Crippen LogP contribution >= 0.6 is 0 Å². The van der Waals surface area contributed by atoms with Crippen LogP contribution in [0.1, 0.15) is 43.9 Å². The van der Waals surface area contributed by atoms with E-state index in [1.807, 2.05) is 0 Å². The summed E-state index contributed by atoms with van der Waals surface area (Å²) in [7, 11) is 2.16. The zero-order valence-corrected chi connectivity index (χ0v) is 13.8. The maximum atomic E-state index is 3.56. The van der Waals surface area contributed by atoms with Crippen LogP contribution in [0.15, 0.2) is 18.3 Å². The van der Waals surface area contributed by atoms with Gasteiger partial charge >= 0.3 is 0 Å². The second-order valence-corrected chi connectivity index (χ2v) is 6.95. The van der Waals surface area contributed by atoms with E-state index in [1.54, 1.807) is 0 Å². The quantitative estimate of drug-likeness (QED) is 0.829. The van der Waals surface area contributed by atoms with E-state index in [-0.39, 0.29) is 5.54 Å². The van der Waals surface area contributed by atoms with Gasteiger partial charge in [0, 0.05) is 24.2 Å². The Hall–Kier alpha value is -1.28. The molecule has 0 bridgehead atoms. The molecule has 2 nitrogen and oxygen atoms in total. The summed E-state index contributed by atoms with van der Waals surface area (Å²) in [5, 5.41) is 4.98. The van der Waals surface area contributed by atoms with Gasteiger partial charge in [-0.25, -0.2) is 0 Å². The molecule has 110 valence electrons. The molecule has 2 aromatic rings. The average molecular weight is 272 g/mol. The monoisotopic (exact) mass is 272 g/mol. The number of aromatic nitrogens is 1. The van der Waals surface area contributed by atoms with Crippen molar-refractivity contribution in [1.82, 2.24) is 9.88 Å². The molecule has 2 heteroatoms. The molecule has 1 heterocycles. The number of hydrogen-bond acceptors (Lipinski definition) is 1. The van der Waals surface area contributed by atoms with E-state index in [9.17, 15) is 0 Å². The van der Waals surface area contributed by atoms with Crippen LogP contribution in [0.25, 0.3) is 10.9 Å². The van der Waals surface area contributed by atoms with E-state index in [0.29, 0.717) is 0 Å². The van der Waals surface area contributed by atoms with Crippen molar-refractivity contribution in [2.24, 2.45) is 7.05 Å². The fourth-order valence-electron chi connectivity index (χ4n) is 2.82. The van der Waals surface area contributed by atoms with Crippen LogP contribution in [0.5, 0.6) is 0 Å². The smallest absolute Gasteiger partial charge is 0.0512 e. The topological polar surface area (TPSA) is 17.0 Å². The van der Waals surface area contributed by atoms with Gasteiger partial charge in [-0.1, -0.05) is 12.1 Å². The third kappa shape index (κ3) is 3.24. The van der Waals surface area contributed by atoms with Gasteiger partial charge < -0.3 is 9.88 Å². The van der Waals surface area contributed by atoms with Crippen LogP contribution in [-0.2, 0) is 13.5 Å². The highest BCUT2D eigenvalue weighted by molar-refractivity contribution is 5.87. The van der Waals surface area contributed by atoms with Gasteiger partial charge in [0.1, 0.15) is 0 Å². The molecule has 0 radical (unpaired) electrons. The summed E-state index contributed by atoms with van der Waals surface area (Å²) in [6, 6.07) is 4.53. The SMILES string of the molecule is Cc1ccc2c(CCCNC(C)(C)C)cn(C)c2c1C. The molecule has 2 rings (SSSR count). The van der Waals surface area contributed by atoms with Crippen LogP contribution in [0.4, 0.5) is 0 Å². The Balaban J connectivity index is 2.14. The minimum atomic E-state index is 0.215. The third-order valence-corrected chi connectivity index (χ3v) is 4.03. The fourth-order valence-corrected chi connectivity index (χ4v) is 2.82. The van der Waals surface area contributed by atoms with Crippen molar-refractivity contribution in [2.75, 3.05) is 6.54 Å². The molecule has 0 amide bonds. The standard InChI is InChI=1S/C18H28N2/c1-13-9-10-16-15(8-7-11-19-18(3,4)5)12-20(6)17(16)14(13)2/h9-10,12,19H,7-8,11H2,1-6H3. The molecule has 0 aliphatic heterocycles. The molecule has 1 N–H and O–H groups in total. The normalized spacial score (nSPS) is 12.3. The first-order valence-corrected chi connectivity index (χ1v) is 7.59. The summed E-state index contributed by atoms with van der Waals surface area (Å²) in [5.74, 6) is 0. The molecule has 20 heavy (non-hydrogen) atoms. The zero-order valence-electron chi connectivity index (χ0n) is 13.8. The molecule has 1 aromatic carbocycles. The summed E-state index contributed by atoms with van der Waals surface area (Å²) >= 11 is 0. The highest BCUT2D eigenvalue weighted by Crippen LogP contribution is 2.26. The lowest BCUT2D eigenvalue weighted by atomic mass is 10.0. The fraction of sp³-hybridized carbons (Fsp3) is 0.556. The lowest BCUT2D eigenvalue weighted by Crippen LogP contribution is -2.36. The van der Waals surface area contributed by atoms with Crippen LogP contribution in [-0.4, -0.2) is 16.7 Å². The molecule has 0 fully saturated rings. The second-order valence-electron chi connectivity index (χ2n) is 6.95. The van der Waals surface area contributed by atoms with E-state index in [0.717, 1.165) is 13.0 Å². The van der Waals surface area contributed by atoms with Crippen molar-refractivity contribution >= 4 is 10.9 Å². The molecular formula is C18H28N2. The van der Waals surface area contributed by atoms with Gasteiger partial charge in [0.05, 0.1) is 5.52 Å². The predicted octanol–water partition coefficient (Wildman–Crippen LogP) is 4.12. The number of fused-ring (bicyclic) bond motifs is 1. The van der Waals surface area contributed by atoms with Gasteiger partial charge in [0.15, 0.2) is 0 Å². The molecule has 0 saturated heterocycles. The van der Waals surface area contributed by atoms with Crippen molar-refractivity contribution in [3.05, 3.63) is 35.0 Å². The first-order valence-electron chi connectivity index (χ1n) is 7.59. The summed E-state index contributed by atoms with van der Waals surface area (Å²) in [6.07, 6.45) is 4.63. The Bertz CT molecular complexity index is 600. The van der Waals surface area contributed by atoms with E-state index < -0.39 is 0 Å². The summed E-state index contributed by atoms with van der Waals surface area (Å²) < 4.78 is 2.28. The molecule has 0 aliphatic carbocycles. The van der Waals surface area contributed by atoms with Crippen molar-refractivity contribution < 1.29 is 0 Å². The first-order chi connectivity index (χ1) is 9.29. The van der Waals surface area contributed by atoms with E-state index >= 15 is 0 Å². The molecule has 1 aromatic heterocycles. The summed E-state index contributed by atoms with van der Waals surface area (Å²) in [4.78, 5) is 0. The van der Waals surface area contributed by atoms with Gasteiger partial charge in [-0.2, -0.15) is 0 Å². The van der Waals surface area contributed by atoms with Gasteiger partial charge in [-0.05, 0) is 70.7 Å². The van der Waals surface area contributed by atoms with E-state index in [2.05, 4.69) is 69.9 Å². The van der Waals surface area contributed by atoms with Gasteiger partial charge in [0.2, 0.25) is 0 Å². The Kier molecular flexibility index (Phi) is 4.24. The van der Waals surface area contributed by atoms with Gasteiger partial charge in [-0.3, -0.25) is 0 Å². The number of nitrogens with one attached hydrogen (secondary N) is 1. The summed E-state index contributed by atoms with van der Waals surface area (Å²) in [5.41, 5.74) is 5.86. The lowest BCUT2D eigenvalue weighted by molar-refractivity contribution is 0.422. The average Bonchev–Trinajstić information content (AvgIpc) is 2.66. The first kappa shape index (κ1) is 15.1. The van der Waals surface area contributed by atoms with Crippen molar-refractivity contribution in [1.29, 1.82) is 0 Å². The minimum Gasteiger partial charge on any atom is -0.350 e. The van der Waals surface area contributed by atoms with Crippen LogP contribution in [0.2, 0.25) is 0 Å². The van der Waals surface area contributed by atoms with Crippen molar-refractivity contribution in [3.8, 4) is 0 Å². The van der Waals surface area contributed by atoms with Crippen LogP contribution < -0.4 is 5.32 Å². The van der Waals surface area contributed by atoms with Crippen molar-refractivity contribution in [3.63, 3.8) is 0 Å². The van der Waals surface area contributed by atoms with Crippen LogP contribution in [0.3, 0.4) is 0 Å². The summed E-state index contributed by atoms with van der Waals surface area (Å²) in [6.45, 7) is 12.1. The Morgan fingerprint density at radius 2 is 1.85 bits per heavy atom. The largest absolute Gasteiger partial charge is 0.350 e. The molecule has 0 atom stereocenters. The highest BCUT2D eigenvalue weighted by atomic mass is 14.9. The molecule has 0 saturated carbocycles. The number of rotatable bonds is 4. The van der Waals surface area contributed by atoms with E-state index in [1.165, 1.54) is 34.0 Å². The highest BCUT2D eigenvalue weighted by Gasteiger charge is 2.11. The Morgan fingerprint density at radius 1 is 1.15 bits per heavy atom. The predicted molar refractivity (Wildman–Crippen MR) is 88.5 cm³/mol. The number of benzene rings is 1. The van der Waals surface area contributed by atoms with Crippen LogP contribution in [0, 0.1) is 13.8 Å². The van der Waals surface area contributed by atoms with Crippen molar-refractivity contribution in [2.45, 2.75) is 53.0 Å². The zero-order chi connectivity index (χ0) is 14.9. The van der Waals surface area contributed by atoms with Gasteiger partial charge in [-0.15, -0.1) is 0 Å². The molecule has 0 unspecified atom stereocenters. The number of nitrogens with zero attached hydrogens (tertiary/aromatic N) is 1. The Morgan fingerprint density at radius 3 is 2.50 bits per heavy atom. The second kappa shape index (κ2) is 5.61. The molecular weight excluding hydrogens is 244 g/mol. The third-order valence-electron chi connectivity index (χ3n) is 4.03. The molecule has 0 aliphatic rings. The minimum absolute atomic E-state index is 0.215.